The molecular weight excluding hydrogens is 456 g/mol. The first-order valence-corrected chi connectivity index (χ1v) is 10.9. The molecule has 0 radical (unpaired) electrons. The number of thiocarbonyl (C=S) groups is 1. The van der Waals surface area contributed by atoms with Gasteiger partial charge < -0.3 is 20.1 Å². The number of hydrogen-bond acceptors (Lipinski definition) is 5. The fraction of sp³-hybridized carbons (Fsp3) is 0.0800. The second-order valence-corrected chi connectivity index (χ2v) is 7.97. The van der Waals surface area contributed by atoms with Crippen LogP contribution in [0, 0.1) is 0 Å². The summed E-state index contributed by atoms with van der Waals surface area (Å²) in [4.78, 5) is 8.70. The van der Waals surface area contributed by atoms with E-state index in [0.717, 1.165) is 22.2 Å². The summed E-state index contributed by atoms with van der Waals surface area (Å²) in [6.07, 6.45) is 3.93. The first-order valence-electron chi connectivity index (χ1n) is 10.1. The van der Waals surface area contributed by atoms with E-state index in [0.29, 0.717) is 33.7 Å². The highest BCUT2D eigenvalue weighted by Crippen LogP contribution is 2.34. The van der Waals surface area contributed by atoms with E-state index in [-0.39, 0.29) is 5.88 Å². The standard InChI is InChI=1S/C25H21ClN4O2S/c1-16(12-17-6-4-3-5-7-17)29-25(33)30-18-13-21(26)24(28-15-18)32-23-10-11-27-22-9-8-19(31-2)14-20(22)23/h3-11,13-15H,1,12H2,2H3,(H2,29,30,33). The molecule has 0 bridgehead atoms. The SMILES string of the molecule is C=C(Cc1ccccc1)NC(=S)Nc1cnc(Oc2ccnc3ccc(OC)cc23)c(Cl)c1. The van der Waals surface area contributed by atoms with Gasteiger partial charge in [0.2, 0.25) is 5.88 Å². The highest BCUT2D eigenvalue weighted by molar-refractivity contribution is 7.80. The first kappa shape index (κ1) is 22.5. The van der Waals surface area contributed by atoms with E-state index in [1.165, 1.54) is 0 Å². The lowest BCUT2D eigenvalue weighted by atomic mass is 10.1. The molecule has 0 amide bonds. The Morgan fingerprint density at radius 1 is 1.09 bits per heavy atom. The lowest BCUT2D eigenvalue weighted by molar-refractivity contribution is 0.415. The van der Waals surface area contributed by atoms with Crippen LogP contribution in [0.2, 0.25) is 5.02 Å². The van der Waals surface area contributed by atoms with E-state index in [9.17, 15) is 0 Å². The summed E-state index contributed by atoms with van der Waals surface area (Å²) in [7, 11) is 1.61. The third-order valence-corrected chi connectivity index (χ3v) is 5.21. The van der Waals surface area contributed by atoms with Gasteiger partial charge in [-0.1, -0.05) is 48.5 Å². The molecular formula is C25H21ClN4O2S. The topological polar surface area (TPSA) is 68.3 Å². The zero-order valence-electron chi connectivity index (χ0n) is 17.8. The smallest absolute Gasteiger partial charge is 0.238 e. The molecule has 0 aliphatic rings. The van der Waals surface area contributed by atoms with Gasteiger partial charge in [-0.2, -0.15) is 0 Å². The minimum absolute atomic E-state index is 0.268. The monoisotopic (exact) mass is 476 g/mol. The number of rotatable bonds is 7. The maximum absolute atomic E-state index is 6.44. The van der Waals surface area contributed by atoms with Crippen LogP contribution in [-0.2, 0) is 6.42 Å². The third kappa shape index (κ3) is 5.77. The van der Waals surface area contributed by atoms with Crippen molar-refractivity contribution < 1.29 is 9.47 Å². The van der Waals surface area contributed by atoms with E-state index in [4.69, 9.17) is 33.3 Å². The van der Waals surface area contributed by atoms with Crippen LogP contribution < -0.4 is 20.1 Å². The predicted molar refractivity (Wildman–Crippen MR) is 136 cm³/mol. The normalized spacial score (nSPS) is 10.5. The number of halogens is 1. The van der Waals surface area contributed by atoms with Crippen LogP contribution in [0.15, 0.2) is 85.3 Å². The zero-order chi connectivity index (χ0) is 23.2. The molecule has 4 aromatic rings. The van der Waals surface area contributed by atoms with Crippen LogP contribution in [0.1, 0.15) is 5.56 Å². The third-order valence-electron chi connectivity index (χ3n) is 4.73. The molecule has 2 aromatic carbocycles. The molecule has 4 rings (SSSR count). The summed E-state index contributed by atoms with van der Waals surface area (Å²) >= 11 is 11.8. The van der Waals surface area contributed by atoms with Gasteiger partial charge in [0.25, 0.3) is 0 Å². The summed E-state index contributed by atoms with van der Waals surface area (Å²) in [5.41, 5.74) is 3.32. The molecule has 33 heavy (non-hydrogen) atoms. The van der Waals surface area contributed by atoms with Crippen LogP contribution in [0.4, 0.5) is 5.69 Å². The number of pyridine rings is 2. The van der Waals surface area contributed by atoms with E-state index in [2.05, 4.69) is 27.2 Å². The number of fused-ring (bicyclic) bond motifs is 1. The molecule has 0 saturated heterocycles. The molecule has 0 unspecified atom stereocenters. The van der Waals surface area contributed by atoms with Crippen molar-refractivity contribution in [2.24, 2.45) is 0 Å². The number of nitrogens with zero attached hydrogens (tertiary/aromatic N) is 2. The number of hydrogen-bond donors (Lipinski definition) is 2. The van der Waals surface area contributed by atoms with E-state index in [1.54, 1.807) is 31.6 Å². The summed E-state index contributed by atoms with van der Waals surface area (Å²) in [5, 5.41) is 7.67. The van der Waals surface area contributed by atoms with E-state index >= 15 is 0 Å². The number of allylic oxidation sites excluding steroid dienone is 1. The number of ether oxygens (including phenoxy) is 2. The second kappa shape index (κ2) is 10.3. The number of methoxy groups -OCH3 is 1. The first-order chi connectivity index (χ1) is 16.0. The van der Waals surface area contributed by atoms with Crippen LogP contribution in [0.3, 0.4) is 0 Å². The summed E-state index contributed by atoms with van der Waals surface area (Å²) in [6, 6.07) is 19.0. The molecule has 2 aromatic heterocycles. The molecule has 0 fully saturated rings. The summed E-state index contributed by atoms with van der Waals surface area (Å²) in [6.45, 7) is 4.03. The summed E-state index contributed by atoms with van der Waals surface area (Å²) in [5.74, 6) is 1.54. The fourth-order valence-corrected chi connectivity index (χ4v) is 3.67. The van der Waals surface area contributed by atoms with Crippen molar-refractivity contribution in [2.75, 3.05) is 12.4 Å². The molecule has 166 valence electrons. The number of anilines is 1. The Morgan fingerprint density at radius 2 is 1.91 bits per heavy atom. The van der Waals surface area contributed by atoms with Crippen LogP contribution in [-0.4, -0.2) is 22.2 Å². The van der Waals surface area contributed by atoms with E-state index in [1.807, 2.05) is 48.5 Å². The molecule has 2 N–H and O–H groups in total. The van der Waals surface area contributed by atoms with Crippen molar-refractivity contribution >= 4 is 45.5 Å². The van der Waals surface area contributed by atoms with Gasteiger partial charge >= 0.3 is 0 Å². The van der Waals surface area contributed by atoms with Crippen LogP contribution in [0.25, 0.3) is 10.9 Å². The van der Waals surface area contributed by atoms with Crippen LogP contribution >= 0.6 is 23.8 Å². The van der Waals surface area contributed by atoms with Crippen molar-refractivity contribution in [3.8, 4) is 17.4 Å². The fourth-order valence-electron chi connectivity index (χ4n) is 3.20. The van der Waals surface area contributed by atoms with Gasteiger partial charge in [0.1, 0.15) is 16.5 Å². The number of nitrogens with one attached hydrogen (secondary N) is 2. The molecule has 0 atom stereocenters. The average molecular weight is 477 g/mol. The Kier molecular flexibility index (Phi) is 7.02. The van der Waals surface area contributed by atoms with Crippen molar-refractivity contribution in [1.29, 1.82) is 0 Å². The lowest BCUT2D eigenvalue weighted by Gasteiger charge is -2.14. The predicted octanol–water partition coefficient (Wildman–Crippen LogP) is 6.13. The van der Waals surface area contributed by atoms with Crippen molar-refractivity contribution in [3.05, 3.63) is 95.9 Å². The number of benzene rings is 2. The van der Waals surface area contributed by atoms with Gasteiger partial charge in [0, 0.05) is 23.7 Å². The minimum atomic E-state index is 0.268. The van der Waals surface area contributed by atoms with Crippen molar-refractivity contribution in [1.82, 2.24) is 15.3 Å². The Hall–Kier alpha value is -3.68. The van der Waals surface area contributed by atoms with Gasteiger partial charge in [-0.05, 0) is 48.1 Å². The van der Waals surface area contributed by atoms with E-state index < -0.39 is 0 Å². The van der Waals surface area contributed by atoms with Crippen LogP contribution in [0.5, 0.6) is 17.4 Å². The quantitative estimate of drug-likeness (QED) is 0.311. The molecule has 0 saturated carbocycles. The molecule has 0 aliphatic carbocycles. The average Bonchev–Trinajstić information content (AvgIpc) is 2.81. The van der Waals surface area contributed by atoms with Gasteiger partial charge in [-0.25, -0.2) is 4.98 Å². The molecule has 8 heteroatoms. The maximum Gasteiger partial charge on any atom is 0.238 e. The molecule has 2 heterocycles. The molecule has 0 spiro atoms. The minimum Gasteiger partial charge on any atom is -0.497 e. The Morgan fingerprint density at radius 3 is 2.67 bits per heavy atom. The van der Waals surface area contributed by atoms with Gasteiger partial charge in [0.05, 0.1) is 24.5 Å². The van der Waals surface area contributed by atoms with Gasteiger partial charge in [-0.15, -0.1) is 0 Å². The van der Waals surface area contributed by atoms with Crippen molar-refractivity contribution in [2.45, 2.75) is 6.42 Å². The highest BCUT2D eigenvalue weighted by Gasteiger charge is 2.11. The Labute approximate surface area is 202 Å². The van der Waals surface area contributed by atoms with Crippen molar-refractivity contribution in [3.63, 3.8) is 0 Å². The number of aromatic nitrogens is 2. The Balaban J connectivity index is 1.43. The zero-order valence-corrected chi connectivity index (χ0v) is 19.4. The maximum atomic E-state index is 6.44. The van der Waals surface area contributed by atoms with Gasteiger partial charge in [-0.3, -0.25) is 4.98 Å². The largest absolute Gasteiger partial charge is 0.497 e. The summed E-state index contributed by atoms with van der Waals surface area (Å²) < 4.78 is 11.3. The highest BCUT2D eigenvalue weighted by atomic mass is 35.5. The Bertz CT molecular complexity index is 1310. The second-order valence-electron chi connectivity index (χ2n) is 7.15. The lowest BCUT2D eigenvalue weighted by Crippen LogP contribution is -2.28. The molecule has 6 nitrogen and oxygen atoms in total. The molecule has 0 aliphatic heterocycles. The van der Waals surface area contributed by atoms with Gasteiger partial charge in [0.15, 0.2) is 5.11 Å².